The normalized spacial score (nSPS) is 23.2. The molecular formula is C16H21BrN2O4S. The van der Waals surface area contributed by atoms with Crippen molar-refractivity contribution < 1.29 is 17.9 Å². The highest BCUT2D eigenvalue weighted by Crippen LogP contribution is 2.26. The van der Waals surface area contributed by atoms with Crippen LogP contribution in [0.15, 0.2) is 33.6 Å². The predicted octanol–water partition coefficient (Wildman–Crippen LogP) is 1.71. The van der Waals surface area contributed by atoms with Gasteiger partial charge in [0.1, 0.15) is 0 Å². The average Bonchev–Trinajstić information content (AvgIpc) is 2.62. The Morgan fingerprint density at radius 1 is 1.12 bits per heavy atom. The maximum absolute atomic E-state index is 12.8. The van der Waals surface area contributed by atoms with Crippen LogP contribution < -0.4 is 0 Å². The van der Waals surface area contributed by atoms with Gasteiger partial charge >= 0.3 is 0 Å². The molecule has 0 bridgehead atoms. The number of hydrogen-bond donors (Lipinski definition) is 0. The van der Waals surface area contributed by atoms with Crippen LogP contribution in [-0.2, 0) is 19.6 Å². The molecule has 1 aromatic carbocycles. The number of benzene rings is 1. The summed E-state index contributed by atoms with van der Waals surface area (Å²) in [6.45, 7) is 3.02. The Balaban J connectivity index is 1.72. The van der Waals surface area contributed by atoms with Crippen molar-refractivity contribution in [3.8, 4) is 0 Å². The monoisotopic (exact) mass is 416 g/mol. The third kappa shape index (κ3) is 3.82. The molecule has 1 atom stereocenters. The maximum atomic E-state index is 12.8. The molecule has 2 aliphatic heterocycles. The molecule has 0 saturated carbocycles. The van der Waals surface area contributed by atoms with Crippen molar-refractivity contribution in [2.75, 3.05) is 39.4 Å². The van der Waals surface area contributed by atoms with E-state index in [2.05, 4.69) is 15.9 Å². The molecule has 2 saturated heterocycles. The van der Waals surface area contributed by atoms with Crippen LogP contribution in [0.4, 0.5) is 0 Å². The van der Waals surface area contributed by atoms with Gasteiger partial charge in [-0.2, -0.15) is 4.31 Å². The van der Waals surface area contributed by atoms with Gasteiger partial charge in [0, 0.05) is 30.7 Å². The molecule has 24 heavy (non-hydrogen) atoms. The second-order valence-electron chi connectivity index (χ2n) is 6.09. The summed E-state index contributed by atoms with van der Waals surface area (Å²) in [5.41, 5.74) is 0. The minimum Gasteiger partial charge on any atom is -0.378 e. The van der Waals surface area contributed by atoms with Crippen LogP contribution in [0.2, 0.25) is 0 Å². The predicted molar refractivity (Wildman–Crippen MR) is 93.0 cm³/mol. The lowest BCUT2D eigenvalue weighted by molar-refractivity contribution is -0.140. The summed E-state index contributed by atoms with van der Waals surface area (Å²) in [7, 11) is -3.56. The van der Waals surface area contributed by atoms with Crippen LogP contribution in [0.1, 0.15) is 12.8 Å². The summed E-state index contributed by atoms with van der Waals surface area (Å²) < 4.78 is 33.2. The fourth-order valence-electron chi connectivity index (χ4n) is 3.16. The lowest BCUT2D eigenvalue weighted by Crippen LogP contribution is -2.49. The van der Waals surface area contributed by atoms with E-state index in [1.807, 2.05) is 0 Å². The molecule has 1 unspecified atom stereocenters. The van der Waals surface area contributed by atoms with Crippen molar-refractivity contribution >= 4 is 31.9 Å². The number of rotatable bonds is 3. The summed E-state index contributed by atoms with van der Waals surface area (Å²) in [6.07, 6.45) is 1.44. The van der Waals surface area contributed by atoms with Gasteiger partial charge in [0.05, 0.1) is 24.0 Å². The van der Waals surface area contributed by atoms with E-state index >= 15 is 0 Å². The number of carbonyl (C=O) groups is 1. The molecule has 1 aromatic rings. The number of piperidine rings is 1. The second-order valence-corrected chi connectivity index (χ2v) is 8.95. The molecule has 3 rings (SSSR count). The highest BCUT2D eigenvalue weighted by molar-refractivity contribution is 9.10. The molecule has 0 aromatic heterocycles. The van der Waals surface area contributed by atoms with Crippen LogP contribution in [0.3, 0.4) is 0 Å². The van der Waals surface area contributed by atoms with Crippen molar-refractivity contribution in [2.24, 2.45) is 5.92 Å². The van der Waals surface area contributed by atoms with Crippen LogP contribution in [0.5, 0.6) is 0 Å². The average molecular weight is 417 g/mol. The van der Waals surface area contributed by atoms with E-state index in [9.17, 15) is 13.2 Å². The molecule has 1 amide bonds. The van der Waals surface area contributed by atoms with E-state index in [-0.39, 0.29) is 23.3 Å². The van der Waals surface area contributed by atoms with Gasteiger partial charge in [-0.1, -0.05) is 15.9 Å². The number of sulfonamides is 1. The highest BCUT2D eigenvalue weighted by atomic mass is 79.9. The fourth-order valence-corrected chi connectivity index (χ4v) is 4.95. The number of halogens is 1. The molecule has 0 spiro atoms. The molecule has 0 N–H and O–H groups in total. The Morgan fingerprint density at radius 3 is 2.46 bits per heavy atom. The van der Waals surface area contributed by atoms with Crippen molar-refractivity contribution in [3.05, 3.63) is 28.7 Å². The minimum absolute atomic E-state index is 0.0500. The fraction of sp³-hybridized carbons (Fsp3) is 0.562. The summed E-state index contributed by atoms with van der Waals surface area (Å²) in [5, 5.41) is 0. The molecule has 0 aliphatic carbocycles. The number of carbonyl (C=O) groups excluding carboxylic acids is 1. The van der Waals surface area contributed by atoms with Crippen molar-refractivity contribution in [2.45, 2.75) is 17.7 Å². The zero-order valence-corrected chi connectivity index (χ0v) is 15.8. The number of ether oxygens (including phenoxy) is 1. The number of morpholine rings is 1. The van der Waals surface area contributed by atoms with E-state index in [4.69, 9.17) is 4.74 Å². The summed E-state index contributed by atoms with van der Waals surface area (Å²) in [4.78, 5) is 14.7. The summed E-state index contributed by atoms with van der Waals surface area (Å²) in [5.74, 6) is -0.212. The van der Waals surface area contributed by atoms with Crippen LogP contribution in [-0.4, -0.2) is 62.9 Å². The Hall–Kier alpha value is -0.960. The first-order chi connectivity index (χ1) is 11.5. The van der Waals surface area contributed by atoms with E-state index in [1.165, 1.54) is 4.31 Å². The molecule has 2 fully saturated rings. The Bertz CT molecular complexity index is 687. The Labute approximate surface area is 150 Å². The topological polar surface area (TPSA) is 66.9 Å². The van der Waals surface area contributed by atoms with Gasteiger partial charge in [0.25, 0.3) is 0 Å². The SMILES string of the molecule is O=C(C1CCCN(S(=O)(=O)c2ccc(Br)cc2)C1)N1CCOCC1. The van der Waals surface area contributed by atoms with Gasteiger partial charge in [-0.05, 0) is 37.1 Å². The first kappa shape index (κ1) is 17.8. The standard InChI is InChI=1S/C16H21BrN2O4S/c17-14-3-5-15(6-4-14)24(21,22)19-7-1-2-13(12-19)16(20)18-8-10-23-11-9-18/h3-6,13H,1-2,7-12H2. The zero-order chi connectivity index (χ0) is 17.2. The van der Waals surface area contributed by atoms with E-state index in [0.717, 1.165) is 10.9 Å². The Kier molecular flexibility index (Phi) is 5.59. The zero-order valence-electron chi connectivity index (χ0n) is 13.4. The van der Waals surface area contributed by atoms with Gasteiger partial charge in [0.2, 0.25) is 15.9 Å². The molecule has 8 heteroatoms. The lowest BCUT2D eigenvalue weighted by Gasteiger charge is -2.35. The van der Waals surface area contributed by atoms with Gasteiger partial charge in [-0.3, -0.25) is 4.79 Å². The smallest absolute Gasteiger partial charge is 0.243 e. The molecule has 6 nitrogen and oxygen atoms in total. The molecule has 0 radical (unpaired) electrons. The summed E-state index contributed by atoms with van der Waals surface area (Å²) >= 11 is 3.31. The third-order valence-electron chi connectivity index (χ3n) is 4.51. The second kappa shape index (κ2) is 7.51. The van der Waals surface area contributed by atoms with Crippen LogP contribution in [0.25, 0.3) is 0 Å². The Morgan fingerprint density at radius 2 is 1.79 bits per heavy atom. The van der Waals surface area contributed by atoms with E-state index < -0.39 is 10.0 Å². The van der Waals surface area contributed by atoms with Crippen LogP contribution in [0, 0.1) is 5.92 Å². The molecule has 2 heterocycles. The molecular weight excluding hydrogens is 396 g/mol. The van der Waals surface area contributed by atoms with Gasteiger partial charge < -0.3 is 9.64 Å². The van der Waals surface area contributed by atoms with Gasteiger partial charge in [-0.15, -0.1) is 0 Å². The van der Waals surface area contributed by atoms with Crippen LogP contribution >= 0.6 is 15.9 Å². The molecule has 132 valence electrons. The number of hydrogen-bond acceptors (Lipinski definition) is 4. The first-order valence-electron chi connectivity index (χ1n) is 8.11. The largest absolute Gasteiger partial charge is 0.378 e. The maximum Gasteiger partial charge on any atom is 0.243 e. The third-order valence-corrected chi connectivity index (χ3v) is 6.92. The van der Waals surface area contributed by atoms with E-state index in [0.29, 0.717) is 39.3 Å². The van der Waals surface area contributed by atoms with Crippen molar-refractivity contribution in [1.82, 2.24) is 9.21 Å². The minimum atomic E-state index is -3.56. The van der Waals surface area contributed by atoms with Gasteiger partial charge in [0.15, 0.2) is 0 Å². The quantitative estimate of drug-likeness (QED) is 0.751. The van der Waals surface area contributed by atoms with Gasteiger partial charge in [-0.25, -0.2) is 8.42 Å². The number of nitrogens with zero attached hydrogens (tertiary/aromatic N) is 2. The summed E-state index contributed by atoms with van der Waals surface area (Å²) in [6, 6.07) is 6.61. The number of amides is 1. The van der Waals surface area contributed by atoms with Crippen molar-refractivity contribution in [3.63, 3.8) is 0 Å². The van der Waals surface area contributed by atoms with Crippen molar-refractivity contribution in [1.29, 1.82) is 0 Å². The highest BCUT2D eigenvalue weighted by Gasteiger charge is 2.35. The lowest BCUT2D eigenvalue weighted by atomic mass is 9.98. The molecule has 2 aliphatic rings. The first-order valence-corrected chi connectivity index (χ1v) is 10.3. The van der Waals surface area contributed by atoms with E-state index in [1.54, 1.807) is 29.2 Å².